The third-order valence-electron chi connectivity index (χ3n) is 7.72. The minimum atomic E-state index is -1.29. The average Bonchev–Trinajstić information content (AvgIpc) is 3.65. The molecule has 0 radical (unpaired) electrons. The number of rotatable bonds is 10. The van der Waals surface area contributed by atoms with Crippen molar-refractivity contribution in [2.75, 3.05) is 19.8 Å². The zero-order valence-corrected chi connectivity index (χ0v) is 26.0. The van der Waals surface area contributed by atoms with Crippen LogP contribution in [-0.2, 0) is 20.9 Å². The first-order chi connectivity index (χ1) is 20.6. The van der Waals surface area contributed by atoms with Crippen molar-refractivity contribution >= 4 is 36.8 Å². The topological polar surface area (TPSA) is 125 Å². The molecule has 12 heteroatoms. The number of fused-ring (bicyclic) bond motifs is 2. The van der Waals surface area contributed by atoms with Crippen molar-refractivity contribution in [1.82, 2.24) is 14.5 Å². The van der Waals surface area contributed by atoms with Gasteiger partial charge in [0.1, 0.15) is 30.6 Å². The molecule has 226 valence electrons. The number of halogens is 1. The van der Waals surface area contributed by atoms with Gasteiger partial charge in [-0.2, -0.15) is 4.98 Å². The van der Waals surface area contributed by atoms with Crippen LogP contribution in [0.2, 0.25) is 30.7 Å². The largest absolute Gasteiger partial charge is 0.478 e. The lowest BCUT2D eigenvalue weighted by Gasteiger charge is -2.19. The van der Waals surface area contributed by atoms with Gasteiger partial charge in [0, 0.05) is 20.2 Å². The second kappa shape index (κ2) is 12.0. The summed E-state index contributed by atoms with van der Waals surface area (Å²) in [5.41, 5.74) is 4.61. The van der Waals surface area contributed by atoms with Crippen LogP contribution < -0.4 is 4.74 Å². The molecule has 10 nitrogen and oxygen atoms in total. The van der Waals surface area contributed by atoms with E-state index in [1.807, 2.05) is 24.3 Å². The molecule has 0 aliphatic carbocycles. The summed E-state index contributed by atoms with van der Waals surface area (Å²) in [5.74, 6) is -0.960. The molecule has 2 aromatic carbocycles. The van der Waals surface area contributed by atoms with Gasteiger partial charge in [-0.15, -0.1) is 0 Å². The SMILES string of the molecule is C[Si](C)(C)CCOCn1c(OC2COC3C(O)COC23)nc2cc(Cl)c(-c3ccc(-c4ccc(C(=O)O)cc4)cc3)nc21. The fourth-order valence-electron chi connectivity index (χ4n) is 5.25. The molecule has 2 N–H and O–H groups in total. The van der Waals surface area contributed by atoms with Crippen LogP contribution in [0, 0.1) is 0 Å². The predicted molar refractivity (Wildman–Crippen MR) is 164 cm³/mol. The highest BCUT2D eigenvalue weighted by Crippen LogP contribution is 2.34. The lowest BCUT2D eigenvalue weighted by molar-refractivity contribution is 0.00336. The molecule has 2 saturated heterocycles. The molecule has 0 amide bonds. The van der Waals surface area contributed by atoms with E-state index in [2.05, 4.69) is 19.6 Å². The normalized spacial score (nSPS) is 21.8. The van der Waals surface area contributed by atoms with Gasteiger partial charge in [-0.05, 0) is 35.4 Å². The van der Waals surface area contributed by atoms with Crippen LogP contribution in [0.4, 0.5) is 0 Å². The molecule has 2 aliphatic rings. The Morgan fingerprint density at radius 3 is 2.33 bits per heavy atom. The highest BCUT2D eigenvalue weighted by Gasteiger charge is 2.49. The Morgan fingerprint density at radius 2 is 1.65 bits per heavy atom. The quantitative estimate of drug-likeness (QED) is 0.178. The molecular weight excluding hydrogens is 590 g/mol. The van der Waals surface area contributed by atoms with E-state index in [-0.39, 0.29) is 31.6 Å². The van der Waals surface area contributed by atoms with Crippen molar-refractivity contribution < 1.29 is 34.0 Å². The lowest BCUT2D eigenvalue weighted by Crippen LogP contribution is -2.35. The van der Waals surface area contributed by atoms with E-state index >= 15 is 0 Å². The molecular formula is C31H34ClN3O7Si. The summed E-state index contributed by atoms with van der Waals surface area (Å²) in [6, 6.07) is 17.6. The predicted octanol–water partition coefficient (Wildman–Crippen LogP) is 5.34. The third kappa shape index (κ3) is 6.33. The number of benzene rings is 2. The molecule has 43 heavy (non-hydrogen) atoms. The maximum Gasteiger partial charge on any atom is 0.335 e. The fraction of sp³-hybridized carbons (Fsp3) is 0.387. The molecule has 2 fully saturated rings. The summed E-state index contributed by atoms with van der Waals surface area (Å²) < 4.78 is 25.7. The van der Waals surface area contributed by atoms with Crippen molar-refractivity contribution in [3.63, 3.8) is 0 Å². The Morgan fingerprint density at radius 1 is 1.00 bits per heavy atom. The second-order valence-corrected chi connectivity index (χ2v) is 18.1. The monoisotopic (exact) mass is 623 g/mol. The van der Waals surface area contributed by atoms with Gasteiger partial charge in [-0.3, -0.25) is 4.57 Å². The van der Waals surface area contributed by atoms with Gasteiger partial charge in [-0.1, -0.05) is 67.6 Å². The number of carboxylic acids is 1. The van der Waals surface area contributed by atoms with Crippen LogP contribution in [0.25, 0.3) is 33.5 Å². The van der Waals surface area contributed by atoms with Crippen LogP contribution in [0.3, 0.4) is 0 Å². The highest BCUT2D eigenvalue weighted by atomic mass is 35.5. The first kappa shape index (κ1) is 29.7. The van der Waals surface area contributed by atoms with Gasteiger partial charge in [-0.25, -0.2) is 9.78 Å². The number of ether oxygens (including phenoxy) is 4. The minimum Gasteiger partial charge on any atom is -0.478 e. The van der Waals surface area contributed by atoms with Crippen LogP contribution in [0.15, 0.2) is 54.6 Å². The molecule has 6 rings (SSSR count). The van der Waals surface area contributed by atoms with Crippen LogP contribution in [0.5, 0.6) is 6.01 Å². The average molecular weight is 624 g/mol. The van der Waals surface area contributed by atoms with Crippen molar-refractivity contribution in [2.24, 2.45) is 0 Å². The summed E-state index contributed by atoms with van der Waals surface area (Å²) in [5, 5.41) is 19.8. The number of pyridine rings is 1. The Hall–Kier alpha value is -3.32. The molecule has 2 aliphatic heterocycles. The number of hydrogen-bond acceptors (Lipinski definition) is 8. The van der Waals surface area contributed by atoms with Gasteiger partial charge < -0.3 is 29.2 Å². The number of carboxylic acid groups (broad SMARTS) is 1. The first-order valence-electron chi connectivity index (χ1n) is 14.2. The standard InChI is InChI=1S/C31H34ClN3O7Si/c1-43(2,3)13-12-39-17-35-29-23(33-31(35)42-25-16-41-27-24(36)15-40-28(25)27)14-22(32)26(34-29)20-8-4-18(5-9-20)19-6-10-21(11-7-19)30(37)38/h4-11,14,24-25,27-28,36H,12-13,15-17H2,1-3H3,(H,37,38). The van der Waals surface area contributed by atoms with Crippen molar-refractivity contribution in [3.8, 4) is 28.4 Å². The Bertz CT molecular complexity index is 1620. The summed E-state index contributed by atoms with van der Waals surface area (Å²) in [4.78, 5) is 20.8. The van der Waals surface area contributed by atoms with Crippen molar-refractivity contribution in [2.45, 2.75) is 56.8 Å². The summed E-state index contributed by atoms with van der Waals surface area (Å²) >= 11 is 6.74. The smallest absolute Gasteiger partial charge is 0.335 e. The second-order valence-electron chi connectivity index (χ2n) is 12.1. The molecule has 4 heterocycles. The van der Waals surface area contributed by atoms with Crippen LogP contribution in [-0.4, -0.2) is 83.0 Å². The van der Waals surface area contributed by atoms with Gasteiger partial charge in [0.2, 0.25) is 0 Å². The highest BCUT2D eigenvalue weighted by molar-refractivity contribution is 6.76. The number of aliphatic hydroxyl groups excluding tert-OH is 1. The van der Waals surface area contributed by atoms with E-state index in [1.54, 1.807) is 34.9 Å². The fourth-order valence-corrected chi connectivity index (χ4v) is 6.27. The molecule has 4 unspecified atom stereocenters. The minimum absolute atomic E-state index is 0.195. The maximum absolute atomic E-state index is 11.2. The first-order valence-corrected chi connectivity index (χ1v) is 18.3. The molecule has 2 aromatic heterocycles. The van der Waals surface area contributed by atoms with Gasteiger partial charge in [0.25, 0.3) is 0 Å². The van der Waals surface area contributed by atoms with Gasteiger partial charge in [0.05, 0.1) is 29.5 Å². The third-order valence-corrected chi connectivity index (χ3v) is 9.71. The Balaban J connectivity index is 1.30. The molecule has 0 spiro atoms. The van der Waals surface area contributed by atoms with E-state index in [9.17, 15) is 15.0 Å². The Kier molecular flexibility index (Phi) is 8.29. The molecule has 0 saturated carbocycles. The number of aliphatic hydroxyl groups is 1. The summed E-state index contributed by atoms with van der Waals surface area (Å²) in [6.07, 6.45) is -1.93. The molecule has 0 bridgehead atoms. The van der Waals surface area contributed by atoms with E-state index in [0.717, 1.165) is 22.7 Å². The van der Waals surface area contributed by atoms with Gasteiger partial charge >= 0.3 is 12.0 Å². The summed E-state index contributed by atoms with van der Waals surface area (Å²) in [7, 11) is -1.29. The molecule has 4 atom stereocenters. The van der Waals surface area contributed by atoms with E-state index in [0.29, 0.717) is 34.5 Å². The van der Waals surface area contributed by atoms with Crippen molar-refractivity contribution in [3.05, 3.63) is 65.2 Å². The number of aromatic nitrogens is 3. The number of nitrogens with zero attached hydrogens (tertiary/aromatic N) is 3. The lowest BCUT2D eigenvalue weighted by atomic mass is 10.0. The molecule has 4 aromatic rings. The number of carbonyl (C=O) groups is 1. The maximum atomic E-state index is 11.2. The Labute approximate surface area is 255 Å². The van der Waals surface area contributed by atoms with E-state index in [1.165, 1.54) is 0 Å². The van der Waals surface area contributed by atoms with Crippen molar-refractivity contribution in [1.29, 1.82) is 0 Å². The van der Waals surface area contributed by atoms with E-state index < -0.39 is 32.4 Å². The van der Waals surface area contributed by atoms with E-state index in [4.69, 9.17) is 40.5 Å². The van der Waals surface area contributed by atoms with Crippen LogP contribution >= 0.6 is 11.6 Å². The zero-order valence-electron chi connectivity index (χ0n) is 24.2. The summed E-state index contributed by atoms with van der Waals surface area (Å²) in [6.45, 7) is 8.19. The zero-order chi connectivity index (χ0) is 30.3. The van der Waals surface area contributed by atoms with Crippen LogP contribution in [0.1, 0.15) is 10.4 Å². The number of hydrogen-bond donors (Lipinski definition) is 2. The number of aromatic carboxylic acids is 1. The number of imidazole rings is 1. The van der Waals surface area contributed by atoms with Gasteiger partial charge in [0.15, 0.2) is 11.8 Å².